The molecular formula is C18H25NO7S2. The molecule has 0 amide bonds. The molecule has 1 aliphatic rings. The molecular weight excluding hydrogens is 406 g/mol. The van der Waals surface area contributed by atoms with Gasteiger partial charge in [-0.3, -0.25) is 0 Å². The van der Waals surface area contributed by atoms with E-state index in [4.69, 9.17) is 21.7 Å². The maximum absolute atomic E-state index is 12.7. The van der Waals surface area contributed by atoms with E-state index < -0.39 is 48.0 Å². The third kappa shape index (κ3) is 5.20. The molecule has 0 radical (unpaired) electrons. The number of rotatable bonds is 7. The highest BCUT2D eigenvalue weighted by atomic mass is 32.2. The highest BCUT2D eigenvalue weighted by molar-refractivity contribution is 8.01. The number of aliphatic hydroxyl groups excluding tert-OH is 4. The van der Waals surface area contributed by atoms with Crippen molar-refractivity contribution < 1.29 is 34.7 Å². The van der Waals surface area contributed by atoms with Gasteiger partial charge >= 0.3 is 5.97 Å². The fraction of sp³-hybridized carbons (Fsp3) is 0.556. The van der Waals surface area contributed by atoms with Crippen LogP contribution in [0.25, 0.3) is 0 Å². The molecule has 0 bridgehead atoms. The molecule has 1 saturated heterocycles. The Labute approximate surface area is 172 Å². The first-order chi connectivity index (χ1) is 13.2. The van der Waals surface area contributed by atoms with Crippen molar-refractivity contribution in [3.8, 4) is 0 Å². The van der Waals surface area contributed by atoms with Crippen LogP contribution in [0.15, 0.2) is 35.2 Å². The van der Waals surface area contributed by atoms with E-state index in [1.54, 1.807) is 31.2 Å². The highest BCUT2D eigenvalue weighted by Crippen LogP contribution is 2.44. The lowest BCUT2D eigenvalue weighted by Gasteiger charge is -2.47. The van der Waals surface area contributed by atoms with E-state index in [1.165, 1.54) is 7.11 Å². The second-order valence-electron chi connectivity index (χ2n) is 6.48. The minimum absolute atomic E-state index is 0.141. The van der Waals surface area contributed by atoms with Gasteiger partial charge in [0.1, 0.15) is 18.3 Å². The van der Waals surface area contributed by atoms with Crippen molar-refractivity contribution in [2.75, 3.05) is 13.7 Å². The average Bonchev–Trinajstić information content (AvgIpc) is 2.68. The molecule has 0 aromatic heterocycles. The number of benzene rings is 1. The number of methoxy groups -OCH3 is 1. The molecule has 1 aromatic rings. The van der Waals surface area contributed by atoms with Crippen molar-refractivity contribution in [3.63, 3.8) is 0 Å². The Balaban J connectivity index is 2.43. The Kier molecular flexibility index (Phi) is 8.19. The molecule has 0 unspecified atom stereocenters. The van der Waals surface area contributed by atoms with Crippen LogP contribution in [-0.4, -0.2) is 80.5 Å². The van der Waals surface area contributed by atoms with Crippen LogP contribution in [0.2, 0.25) is 0 Å². The zero-order valence-electron chi connectivity index (χ0n) is 15.5. The summed E-state index contributed by atoms with van der Waals surface area (Å²) < 4.78 is 10.9. The Hall–Kier alpha value is -1.27. The summed E-state index contributed by atoms with van der Waals surface area (Å²) in [6, 6.07) is 8.03. The third-order valence-corrected chi connectivity index (χ3v) is 5.77. The maximum atomic E-state index is 12.7. The molecule has 0 aliphatic carbocycles. The van der Waals surface area contributed by atoms with E-state index in [0.29, 0.717) is 9.88 Å². The van der Waals surface area contributed by atoms with Crippen molar-refractivity contribution in [2.45, 2.75) is 53.6 Å². The molecule has 0 saturated carbocycles. The van der Waals surface area contributed by atoms with Crippen LogP contribution in [0.5, 0.6) is 0 Å². The van der Waals surface area contributed by atoms with E-state index in [2.05, 4.69) is 5.32 Å². The summed E-state index contributed by atoms with van der Waals surface area (Å²) in [6.07, 6.45) is -5.68. The molecule has 0 spiro atoms. The van der Waals surface area contributed by atoms with E-state index in [1.807, 2.05) is 6.07 Å². The molecule has 6 atom stereocenters. The van der Waals surface area contributed by atoms with Crippen molar-refractivity contribution in [1.82, 2.24) is 5.32 Å². The van der Waals surface area contributed by atoms with Crippen LogP contribution < -0.4 is 5.32 Å². The van der Waals surface area contributed by atoms with Gasteiger partial charge in [-0.1, -0.05) is 42.2 Å². The molecule has 1 aliphatic heterocycles. The summed E-state index contributed by atoms with van der Waals surface area (Å²) >= 11 is 6.07. The quantitative estimate of drug-likeness (QED) is 0.293. The summed E-state index contributed by atoms with van der Waals surface area (Å²) in [5.74, 6) is -0.742. The number of hydrogen-bond donors (Lipinski definition) is 5. The number of thiocarbonyl (C=S) groups is 1. The Morgan fingerprint density at radius 1 is 1.43 bits per heavy atom. The summed E-state index contributed by atoms with van der Waals surface area (Å²) in [4.78, 5) is 12.0. The molecule has 28 heavy (non-hydrogen) atoms. The summed E-state index contributed by atoms with van der Waals surface area (Å²) in [5.41, 5.74) is 0. The fourth-order valence-corrected chi connectivity index (χ4v) is 4.45. The topological polar surface area (TPSA) is 128 Å². The number of hydrogen-bond acceptors (Lipinski definition) is 9. The third-order valence-electron chi connectivity index (χ3n) is 4.38. The normalized spacial score (nSPS) is 29.6. The number of carbonyl (C=O) groups is 1. The highest BCUT2D eigenvalue weighted by Gasteiger charge is 2.55. The van der Waals surface area contributed by atoms with Gasteiger partial charge in [-0.15, -0.1) is 0 Å². The smallest absolute Gasteiger partial charge is 0.349 e. The fourth-order valence-electron chi connectivity index (χ4n) is 3.06. The van der Waals surface area contributed by atoms with Gasteiger partial charge in [-0.05, 0) is 19.1 Å². The van der Waals surface area contributed by atoms with Crippen LogP contribution in [0.1, 0.15) is 13.3 Å². The predicted octanol–water partition coefficient (Wildman–Crippen LogP) is -0.183. The van der Waals surface area contributed by atoms with E-state index in [0.717, 1.165) is 11.8 Å². The lowest BCUT2D eigenvalue weighted by atomic mass is 9.90. The monoisotopic (exact) mass is 431 g/mol. The molecule has 2 rings (SSSR count). The van der Waals surface area contributed by atoms with E-state index in [9.17, 15) is 25.2 Å². The minimum Gasteiger partial charge on any atom is -0.466 e. The second kappa shape index (κ2) is 9.97. The van der Waals surface area contributed by atoms with Crippen LogP contribution >= 0.6 is 24.0 Å². The Morgan fingerprint density at radius 3 is 2.61 bits per heavy atom. The lowest BCUT2D eigenvalue weighted by molar-refractivity contribution is -0.205. The van der Waals surface area contributed by atoms with Crippen molar-refractivity contribution in [1.29, 1.82) is 0 Å². The first kappa shape index (κ1) is 23.0. The largest absolute Gasteiger partial charge is 0.466 e. The van der Waals surface area contributed by atoms with E-state index >= 15 is 0 Å². The van der Waals surface area contributed by atoms with Gasteiger partial charge in [-0.25, -0.2) is 4.79 Å². The molecule has 1 aromatic carbocycles. The van der Waals surface area contributed by atoms with Crippen molar-refractivity contribution in [2.24, 2.45) is 0 Å². The van der Waals surface area contributed by atoms with Gasteiger partial charge in [0.15, 0.2) is 0 Å². The summed E-state index contributed by atoms with van der Waals surface area (Å²) in [5, 5.41) is 43.3. The Bertz CT molecular complexity index is 677. The van der Waals surface area contributed by atoms with Gasteiger partial charge in [0.25, 0.3) is 0 Å². The molecule has 10 heteroatoms. The number of nitrogens with one attached hydrogen (secondary N) is 1. The predicted molar refractivity (Wildman–Crippen MR) is 107 cm³/mol. The first-order valence-electron chi connectivity index (χ1n) is 8.66. The van der Waals surface area contributed by atoms with Crippen LogP contribution in [0, 0.1) is 0 Å². The minimum atomic E-state index is -1.66. The number of aliphatic hydroxyl groups is 4. The van der Waals surface area contributed by atoms with Gasteiger partial charge in [-0.2, -0.15) is 0 Å². The van der Waals surface area contributed by atoms with Gasteiger partial charge in [0.05, 0.1) is 30.9 Å². The lowest BCUT2D eigenvalue weighted by Crippen LogP contribution is -2.66. The van der Waals surface area contributed by atoms with Crippen LogP contribution in [-0.2, 0) is 14.3 Å². The zero-order chi connectivity index (χ0) is 20.9. The van der Waals surface area contributed by atoms with Gasteiger partial charge in [0, 0.05) is 11.3 Å². The van der Waals surface area contributed by atoms with Crippen molar-refractivity contribution in [3.05, 3.63) is 30.3 Å². The number of ether oxygens (including phenoxy) is 2. The van der Waals surface area contributed by atoms with Crippen LogP contribution in [0.3, 0.4) is 0 Å². The molecule has 156 valence electrons. The maximum Gasteiger partial charge on any atom is 0.349 e. The number of thioether (sulfide) groups is 1. The zero-order valence-corrected chi connectivity index (χ0v) is 17.2. The SMILES string of the molecule is COC(=O)[C@]1(Sc2ccccc2)C[C@H](O)[C@@H](NC(C)=S)[C@H]([C@H](O)[C@H](O)CO)O1. The Morgan fingerprint density at radius 2 is 2.07 bits per heavy atom. The number of esters is 1. The van der Waals surface area contributed by atoms with Crippen molar-refractivity contribution >= 4 is 34.9 Å². The summed E-state index contributed by atoms with van der Waals surface area (Å²) in [6.45, 7) is 0.867. The molecule has 8 nitrogen and oxygen atoms in total. The van der Waals surface area contributed by atoms with Gasteiger partial charge in [0.2, 0.25) is 4.93 Å². The van der Waals surface area contributed by atoms with Gasteiger partial charge < -0.3 is 35.2 Å². The summed E-state index contributed by atoms with van der Waals surface area (Å²) in [7, 11) is 1.20. The molecule has 1 heterocycles. The average molecular weight is 432 g/mol. The molecule has 1 fully saturated rings. The van der Waals surface area contributed by atoms with Crippen LogP contribution in [0.4, 0.5) is 0 Å². The standard InChI is InChI=1S/C18H25NO7S2/c1-10(27)19-14-12(21)8-18(17(24)25-2,28-11-6-4-3-5-7-11)26-16(14)15(23)13(22)9-20/h3-7,12-16,20-23H,8-9H2,1-2H3,(H,19,27)/t12-,13+,14+,15+,16+,18+/m0/s1. The van der Waals surface area contributed by atoms with E-state index in [-0.39, 0.29) is 6.42 Å². The second-order valence-corrected chi connectivity index (χ2v) is 8.43. The first-order valence-corrected chi connectivity index (χ1v) is 9.89. The molecule has 5 N–H and O–H groups in total. The number of carbonyl (C=O) groups excluding carboxylic acids is 1.